The minimum absolute atomic E-state index is 0.00723. The number of ether oxygens (including phenoxy) is 1. The van der Waals surface area contributed by atoms with Crippen LogP contribution in [0.25, 0.3) is 0 Å². The molecule has 0 saturated carbocycles. The summed E-state index contributed by atoms with van der Waals surface area (Å²) < 4.78 is 24.7. The van der Waals surface area contributed by atoms with Gasteiger partial charge in [-0.15, -0.1) is 0 Å². The maximum Gasteiger partial charge on any atom is 0.248 e. The number of nitrogens with one attached hydrogen (secondary N) is 2. The summed E-state index contributed by atoms with van der Waals surface area (Å²) in [5.41, 5.74) is 6.82. The van der Waals surface area contributed by atoms with Crippen LogP contribution in [0.15, 0.2) is 59.3 Å². The molecule has 0 atom stereocenters. The van der Waals surface area contributed by atoms with Crippen LogP contribution < -0.4 is 21.1 Å². The van der Waals surface area contributed by atoms with Gasteiger partial charge in [0, 0.05) is 23.9 Å². The third kappa shape index (κ3) is 5.14. The number of hydrogen-bond donors (Lipinski definition) is 3. The van der Waals surface area contributed by atoms with Crippen LogP contribution >= 0.6 is 0 Å². The molecule has 162 valence electrons. The second-order valence-electron chi connectivity index (χ2n) is 6.62. The van der Waals surface area contributed by atoms with E-state index in [1.54, 1.807) is 55.5 Å². The van der Waals surface area contributed by atoms with Gasteiger partial charge in [0.25, 0.3) is 0 Å². The van der Waals surface area contributed by atoms with E-state index < -0.39 is 11.7 Å². The number of anilines is 4. The molecule has 0 aliphatic carbocycles. The Kier molecular flexibility index (Phi) is 5.88. The lowest BCUT2D eigenvalue weighted by molar-refractivity contribution is 0.100. The number of carbonyl (C=O) groups excluding carboxylic acids is 1. The van der Waals surface area contributed by atoms with Crippen LogP contribution in [0.1, 0.15) is 22.1 Å². The average Bonchev–Trinajstić information content (AvgIpc) is 3.21. The van der Waals surface area contributed by atoms with Gasteiger partial charge in [0.15, 0.2) is 18.2 Å². The molecule has 2 heterocycles. The predicted octanol–water partition coefficient (Wildman–Crippen LogP) is 3.47. The molecule has 0 bridgehead atoms. The largest absolute Gasteiger partial charge is 0.485 e. The molecule has 0 aliphatic rings. The molecule has 0 spiro atoms. The molecule has 0 saturated heterocycles. The quantitative estimate of drug-likeness (QED) is 0.379. The highest BCUT2D eigenvalue weighted by atomic mass is 19.1. The van der Waals surface area contributed by atoms with Crippen LogP contribution in [0.4, 0.5) is 27.5 Å². The second kappa shape index (κ2) is 9.08. The van der Waals surface area contributed by atoms with E-state index in [9.17, 15) is 9.18 Å². The Labute approximate surface area is 181 Å². The first kappa shape index (κ1) is 20.7. The van der Waals surface area contributed by atoms with Crippen molar-refractivity contribution >= 4 is 29.0 Å². The summed E-state index contributed by atoms with van der Waals surface area (Å²) in [7, 11) is 0. The molecule has 0 aliphatic heterocycles. The highest BCUT2D eigenvalue weighted by Crippen LogP contribution is 2.23. The first-order valence-corrected chi connectivity index (χ1v) is 9.45. The zero-order valence-electron chi connectivity index (χ0n) is 16.9. The molecule has 10 nitrogen and oxygen atoms in total. The van der Waals surface area contributed by atoms with Crippen LogP contribution in [0.5, 0.6) is 5.75 Å². The van der Waals surface area contributed by atoms with Gasteiger partial charge in [-0.3, -0.25) is 4.79 Å². The predicted molar refractivity (Wildman–Crippen MR) is 113 cm³/mol. The molecule has 32 heavy (non-hydrogen) atoms. The van der Waals surface area contributed by atoms with Crippen molar-refractivity contribution in [1.82, 2.24) is 20.1 Å². The summed E-state index contributed by atoms with van der Waals surface area (Å²) in [6, 6.07) is 13.3. The van der Waals surface area contributed by atoms with Gasteiger partial charge in [-0.05, 0) is 48.5 Å². The third-order valence-electron chi connectivity index (χ3n) is 4.22. The first-order valence-electron chi connectivity index (χ1n) is 9.45. The van der Waals surface area contributed by atoms with Gasteiger partial charge < -0.3 is 25.6 Å². The normalized spacial score (nSPS) is 10.6. The SMILES string of the molecule is Cc1nc(COc2ccc(Nc3nc(Nc4ccc(C(N)=O)cc4)ncc3F)cc2)no1. The van der Waals surface area contributed by atoms with E-state index in [0.717, 1.165) is 6.20 Å². The minimum Gasteiger partial charge on any atom is -0.485 e. The molecular formula is C21H18FN7O3. The number of hydrogen-bond acceptors (Lipinski definition) is 9. The molecule has 2 aromatic carbocycles. The van der Waals surface area contributed by atoms with Gasteiger partial charge in [-0.25, -0.2) is 9.37 Å². The number of halogens is 1. The number of nitrogens with zero attached hydrogens (tertiary/aromatic N) is 4. The number of amides is 1. The van der Waals surface area contributed by atoms with Gasteiger partial charge in [0.05, 0.1) is 6.20 Å². The van der Waals surface area contributed by atoms with E-state index >= 15 is 0 Å². The standard InChI is InChI=1S/C21H18FN7O3/c1-12-25-18(29-32-12)11-31-16-8-6-14(7-9-16)26-20-17(22)10-24-21(28-20)27-15-4-2-13(3-5-15)19(23)30/h2-10H,11H2,1H3,(H2,23,30)(H2,24,26,27,28). The van der Waals surface area contributed by atoms with Crippen LogP contribution in [-0.4, -0.2) is 26.0 Å². The molecular weight excluding hydrogens is 417 g/mol. The van der Waals surface area contributed by atoms with Crippen molar-refractivity contribution < 1.29 is 18.4 Å². The maximum absolute atomic E-state index is 14.2. The Morgan fingerprint density at radius 3 is 2.41 bits per heavy atom. The molecule has 4 N–H and O–H groups in total. The van der Waals surface area contributed by atoms with Crippen LogP contribution in [0.2, 0.25) is 0 Å². The number of benzene rings is 2. The molecule has 4 rings (SSSR count). The van der Waals surface area contributed by atoms with Crippen molar-refractivity contribution in [2.75, 3.05) is 10.6 Å². The van der Waals surface area contributed by atoms with Crippen molar-refractivity contribution in [3.05, 3.63) is 77.8 Å². The summed E-state index contributed by atoms with van der Waals surface area (Å²) >= 11 is 0. The zero-order chi connectivity index (χ0) is 22.5. The molecule has 4 aromatic rings. The topological polar surface area (TPSA) is 141 Å². The lowest BCUT2D eigenvalue weighted by Crippen LogP contribution is -2.10. The Bertz CT molecular complexity index is 1230. The van der Waals surface area contributed by atoms with Crippen molar-refractivity contribution in [2.24, 2.45) is 5.73 Å². The number of aromatic nitrogens is 4. The number of rotatable bonds is 8. The Balaban J connectivity index is 1.40. The summed E-state index contributed by atoms with van der Waals surface area (Å²) in [5, 5.41) is 9.61. The molecule has 2 aromatic heterocycles. The van der Waals surface area contributed by atoms with Crippen molar-refractivity contribution in [3.63, 3.8) is 0 Å². The summed E-state index contributed by atoms with van der Waals surface area (Å²) in [6.07, 6.45) is 1.06. The van der Waals surface area contributed by atoms with E-state index in [-0.39, 0.29) is 18.4 Å². The lowest BCUT2D eigenvalue weighted by Gasteiger charge is -2.10. The molecule has 0 fully saturated rings. The fourth-order valence-electron chi connectivity index (χ4n) is 2.68. The van der Waals surface area contributed by atoms with E-state index in [0.29, 0.717) is 34.4 Å². The van der Waals surface area contributed by atoms with Gasteiger partial charge in [-0.2, -0.15) is 9.97 Å². The summed E-state index contributed by atoms with van der Waals surface area (Å²) in [6.45, 7) is 1.86. The van der Waals surface area contributed by atoms with Crippen molar-refractivity contribution in [3.8, 4) is 5.75 Å². The monoisotopic (exact) mass is 435 g/mol. The maximum atomic E-state index is 14.2. The number of aryl methyl sites for hydroxylation is 1. The summed E-state index contributed by atoms with van der Waals surface area (Å²) in [4.78, 5) is 23.3. The zero-order valence-corrected chi connectivity index (χ0v) is 16.9. The highest BCUT2D eigenvalue weighted by Gasteiger charge is 2.09. The van der Waals surface area contributed by atoms with E-state index in [4.69, 9.17) is 15.0 Å². The lowest BCUT2D eigenvalue weighted by atomic mass is 10.2. The van der Waals surface area contributed by atoms with E-state index in [1.807, 2.05) is 0 Å². The number of carbonyl (C=O) groups is 1. The van der Waals surface area contributed by atoms with Gasteiger partial charge in [0.1, 0.15) is 5.75 Å². The Hall–Kier alpha value is -4.54. The number of nitrogens with two attached hydrogens (primary N) is 1. The average molecular weight is 435 g/mol. The smallest absolute Gasteiger partial charge is 0.248 e. The van der Waals surface area contributed by atoms with E-state index in [2.05, 4.69) is 30.7 Å². The Morgan fingerprint density at radius 2 is 1.75 bits per heavy atom. The minimum atomic E-state index is -0.618. The third-order valence-corrected chi connectivity index (χ3v) is 4.22. The molecule has 11 heteroatoms. The second-order valence-corrected chi connectivity index (χ2v) is 6.62. The fraction of sp³-hybridized carbons (Fsp3) is 0.0952. The van der Waals surface area contributed by atoms with Crippen LogP contribution in [0.3, 0.4) is 0 Å². The highest BCUT2D eigenvalue weighted by molar-refractivity contribution is 5.93. The van der Waals surface area contributed by atoms with Gasteiger partial charge >= 0.3 is 0 Å². The van der Waals surface area contributed by atoms with Crippen LogP contribution in [0, 0.1) is 12.7 Å². The van der Waals surface area contributed by atoms with Gasteiger partial charge in [0.2, 0.25) is 23.6 Å². The molecule has 0 radical (unpaired) electrons. The number of primary amides is 1. The van der Waals surface area contributed by atoms with Crippen LogP contribution in [-0.2, 0) is 6.61 Å². The van der Waals surface area contributed by atoms with Crippen molar-refractivity contribution in [1.29, 1.82) is 0 Å². The molecule has 0 unspecified atom stereocenters. The van der Waals surface area contributed by atoms with Crippen molar-refractivity contribution in [2.45, 2.75) is 13.5 Å². The fourth-order valence-corrected chi connectivity index (χ4v) is 2.68. The first-order chi connectivity index (χ1) is 15.5. The Morgan fingerprint density at radius 1 is 1.06 bits per heavy atom. The summed E-state index contributed by atoms with van der Waals surface area (Å²) in [5.74, 6) is 0.518. The van der Waals surface area contributed by atoms with E-state index in [1.165, 1.54) is 0 Å². The van der Waals surface area contributed by atoms with Gasteiger partial charge in [-0.1, -0.05) is 5.16 Å². The molecule has 1 amide bonds.